The van der Waals surface area contributed by atoms with Crippen LogP contribution in [-0.4, -0.2) is 7.11 Å². The third kappa shape index (κ3) is 2.56. The summed E-state index contributed by atoms with van der Waals surface area (Å²) in [5.41, 5.74) is -0.223. The lowest BCUT2D eigenvalue weighted by Gasteiger charge is -2.06. The molecule has 0 unspecified atom stereocenters. The molecule has 0 saturated carbocycles. The van der Waals surface area contributed by atoms with Crippen LogP contribution < -0.4 is 4.74 Å². The van der Waals surface area contributed by atoms with Crippen LogP contribution in [0.25, 0.3) is 10.4 Å². The quantitative estimate of drug-likeness (QED) is 0.728. The van der Waals surface area contributed by atoms with Gasteiger partial charge in [-0.05, 0) is 24.3 Å². The maximum atomic E-state index is 13.7. The molecule has 0 N–H and O–H groups in total. The topological polar surface area (TPSA) is 9.23 Å². The third-order valence-corrected chi connectivity index (χ3v) is 3.58. The smallest absolute Gasteiger partial charge is 0.425 e. The Bertz CT molecular complexity index is 603. The minimum atomic E-state index is -4.50. The van der Waals surface area contributed by atoms with Crippen LogP contribution in [0.5, 0.6) is 5.75 Å². The summed E-state index contributed by atoms with van der Waals surface area (Å²) in [5.74, 6) is -2.74. The lowest BCUT2D eigenvalue weighted by atomic mass is 10.1. The molecule has 0 bridgehead atoms. The third-order valence-electron chi connectivity index (χ3n) is 2.42. The molecule has 0 aliphatic rings. The number of hydrogen-bond acceptors (Lipinski definition) is 2. The Morgan fingerprint density at radius 1 is 1.00 bits per heavy atom. The average molecular weight is 294 g/mol. The number of rotatable bonds is 2. The Labute approximate surface area is 109 Å². The summed E-state index contributed by atoms with van der Waals surface area (Å²) in [4.78, 5) is -0.857. The SMILES string of the molecule is COc1ccc(-c2ccc(C(F)(F)F)s2)c(F)c1F. The van der Waals surface area contributed by atoms with Crippen LogP contribution >= 0.6 is 11.3 Å². The van der Waals surface area contributed by atoms with E-state index in [9.17, 15) is 22.0 Å². The largest absolute Gasteiger partial charge is 0.494 e. The Morgan fingerprint density at radius 2 is 1.68 bits per heavy atom. The van der Waals surface area contributed by atoms with Crippen molar-refractivity contribution in [2.75, 3.05) is 7.11 Å². The molecular weight excluding hydrogens is 287 g/mol. The van der Waals surface area contributed by atoms with Crippen LogP contribution in [0.15, 0.2) is 24.3 Å². The molecule has 0 saturated heterocycles. The first-order valence-electron chi connectivity index (χ1n) is 5.04. The molecule has 0 radical (unpaired) electrons. The minimum Gasteiger partial charge on any atom is -0.494 e. The number of halogens is 5. The molecule has 1 nitrogen and oxygen atoms in total. The second-order valence-corrected chi connectivity index (χ2v) is 4.69. The molecule has 0 spiro atoms. The highest BCUT2D eigenvalue weighted by Gasteiger charge is 2.32. The van der Waals surface area contributed by atoms with E-state index in [-0.39, 0.29) is 16.2 Å². The van der Waals surface area contributed by atoms with E-state index in [1.54, 1.807) is 0 Å². The highest BCUT2D eigenvalue weighted by Crippen LogP contribution is 2.40. The van der Waals surface area contributed by atoms with Crippen molar-refractivity contribution < 1.29 is 26.7 Å². The molecule has 2 aromatic rings. The minimum absolute atomic E-state index is 0.00591. The van der Waals surface area contributed by atoms with Crippen LogP contribution in [0.3, 0.4) is 0 Å². The van der Waals surface area contributed by atoms with E-state index in [1.165, 1.54) is 19.2 Å². The first-order valence-corrected chi connectivity index (χ1v) is 5.85. The van der Waals surface area contributed by atoms with Crippen molar-refractivity contribution in [1.29, 1.82) is 0 Å². The summed E-state index contributed by atoms with van der Waals surface area (Å²) in [5, 5.41) is 0. The van der Waals surface area contributed by atoms with Gasteiger partial charge in [-0.3, -0.25) is 0 Å². The van der Waals surface area contributed by atoms with Gasteiger partial charge in [0.1, 0.15) is 4.88 Å². The summed E-state index contributed by atoms with van der Waals surface area (Å²) in [6.45, 7) is 0. The predicted octanol–water partition coefficient (Wildman–Crippen LogP) is 4.72. The van der Waals surface area contributed by atoms with Crippen LogP contribution in [0.2, 0.25) is 0 Å². The Hall–Kier alpha value is -1.63. The molecule has 7 heteroatoms. The van der Waals surface area contributed by atoms with Crippen LogP contribution in [0.4, 0.5) is 22.0 Å². The van der Waals surface area contributed by atoms with Crippen molar-refractivity contribution in [3.05, 3.63) is 40.8 Å². The van der Waals surface area contributed by atoms with Crippen LogP contribution in [0, 0.1) is 11.6 Å². The first kappa shape index (κ1) is 13.8. The molecular formula is C12H7F5OS. The fourth-order valence-electron chi connectivity index (χ4n) is 1.51. The van der Waals surface area contributed by atoms with Gasteiger partial charge in [0.05, 0.1) is 7.11 Å². The summed E-state index contributed by atoms with van der Waals surface area (Å²) < 4.78 is 69.1. The predicted molar refractivity (Wildman–Crippen MR) is 61.2 cm³/mol. The van der Waals surface area contributed by atoms with Gasteiger partial charge in [0.15, 0.2) is 11.6 Å². The van der Waals surface area contributed by atoms with Crippen molar-refractivity contribution >= 4 is 11.3 Å². The molecule has 102 valence electrons. The number of ether oxygens (including phenoxy) is 1. The second-order valence-electron chi connectivity index (χ2n) is 3.61. The van der Waals surface area contributed by atoms with Gasteiger partial charge < -0.3 is 4.74 Å². The van der Waals surface area contributed by atoms with E-state index >= 15 is 0 Å². The van der Waals surface area contributed by atoms with Crippen LogP contribution in [-0.2, 0) is 6.18 Å². The summed E-state index contributed by atoms with van der Waals surface area (Å²) in [6.07, 6.45) is -4.50. The van der Waals surface area contributed by atoms with Crippen molar-refractivity contribution in [1.82, 2.24) is 0 Å². The number of alkyl halides is 3. The fraction of sp³-hybridized carbons (Fsp3) is 0.167. The molecule has 0 fully saturated rings. The van der Waals surface area contributed by atoms with Gasteiger partial charge in [-0.1, -0.05) is 0 Å². The van der Waals surface area contributed by atoms with E-state index < -0.39 is 22.7 Å². The maximum absolute atomic E-state index is 13.7. The molecule has 1 aromatic heterocycles. The highest BCUT2D eigenvalue weighted by atomic mass is 32.1. The van der Waals surface area contributed by atoms with Gasteiger partial charge >= 0.3 is 6.18 Å². The summed E-state index contributed by atoms with van der Waals surface area (Å²) in [6, 6.07) is 4.29. The lowest BCUT2D eigenvalue weighted by molar-refractivity contribution is -0.134. The van der Waals surface area contributed by atoms with E-state index in [1.807, 2.05) is 0 Å². The number of methoxy groups -OCH3 is 1. The zero-order chi connectivity index (χ0) is 14.2. The zero-order valence-electron chi connectivity index (χ0n) is 9.52. The van der Waals surface area contributed by atoms with Crippen molar-refractivity contribution in [3.63, 3.8) is 0 Å². The van der Waals surface area contributed by atoms with Crippen LogP contribution in [0.1, 0.15) is 4.88 Å². The molecule has 2 rings (SSSR count). The average Bonchev–Trinajstić information content (AvgIpc) is 2.81. The first-order chi connectivity index (χ1) is 8.84. The number of benzene rings is 1. The summed E-state index contributed by atoms with van der Waals surface area (Å²) >= 11 is 0.357. The maximum Gasteiger partial charge on any atom is 0.425 e. The second kappa shape index (κ2) is 4.80. The van der Waals surface area contributed by atoms with Gasteiger partial charge in [0.25, 0.3) is 0 Å². The standard InChI is InChI=1S/C12H7F5OS/c1-18-7-3-2-6(10(13)11(7)14)8-4-5-9(19-8)12(15,16)17/h2-5H,1H3. The molecule has 19 heavy (non-hydrogen) atoms. The molecule has 0 aliphatic heterocycles. The van der Waals surface area contributed by atoms with Gasteiger partial charge in [0, 0.05) is 10.4 Å². The Balaban J connectivity index is 2.48. The van der Waals surface area contributed by atoms with E-state index in [0.717, 1.165) is 12.1 Å². The molecule has 0 aliphatic carbocycles. The Morgan fingerprint density at radius 3 is 2.21 bits per heavy atom. The van der Waals surface area contributed by atoms with Crippen molar-refractivity contribution in [2.45, 2.75) is 6.18 Å². The number of hydrogen-bond donors (Lipinski definition) is 0. The fourth-order valence-corrected chi connectivity index (χ4v) is 2.41. The van der Waals surface area contributed by atoms with Gasteiger partial charge in [-0.15, -0.1) is 11.3 Å². The molecule has 1 heterocycles. The highest BCUT2D eigenvalue weighted by molar-refractivity contribution is 7.15. The lowest BCUT2D eigenvalue weighted by Crippen LogP contribution is -2.00. The Kier molecular flexibility index (Phi) is 3.49. The molecule has 0 atom stereocenters. The van der Waals surface area contributed by atoms with Gasteiger partial charge in [-0.2, -0.15) is 17.6 Å². The number of thiophene rings is 1. The van der Waals surface area contributed by atoms with E-state index in [2.05, 4.69) is 4.74 Å². The van der Waals surface area contributed by atoms with Crippen molar-refractivity contribution in [2.24, 2.45) is 0 Å². The van der Waals surface area contributed by atoms with Gasteiger partial charge in [0.2, 0.25) is 5.82 Å². The molecule has 1 aromatic carbocycles. The molecule has 0 amide bonds. The van der Waals surface area contributed by atoms with E-state index in [4.69, 9.17) is 0 Å². The normalized spacial score (nSPS) is 11.7. The zero-order valence-corrected chi connectivity index (χ0v) is 10.3. The van der Waals surface area contributed by atoms with E-state index in [0.29, 0.717) is 11.3 Å². The van der Waals surface area contributed by atoms with Gasteiger partial charge in [-0.25, -0.2) is 4.39 Å². The summed E-state index contributed by atoms with van der Waals surface area (Å²) in [7, 11) is 1.17. The van der Waals surface area contributed by atoms with Crippen molar-refractivity contribution in [3.8, 4) is 16.2 Å². The monoisotopic (exact) mass is 294 g/mol.